The lowest BCUT2D eigenvalue weighted by molar-refractivity contribution is 0.102. The highest BCUT2D eigenvalue weighted by Crippen LogP contribution is 2.19. The van der Waals surface area contributed by atoms with Crippen LogP contribution in [0.4, 0.5) is 5.69 Å². The van der Waals surface area contributed by atoms with Gasteiger partial charge in [0.1, 0.15) is 5.69 Å². The van der Waals surface area contributed by atoms with Crippen LogP contribution in [-0.2, 0) is 15.9 Å². The quantitative estimate of drug-likeness (QED) is 0.695. The molecule has 0 saturated carbocycles. The second-order valence-corrected chi connectivity index (χ2v) is 7.29. The lowest BCUT2D eigenvalue weighted by Gasteiger charge is -2.06. The highest BCUT2D eigenvalue weighted by molar-refractivity contribution is 7.90. The fourth-order valence-electron chi connectivity index (χ4n) is 2.16. The van der Waals surface area contributed by atoms with Crippen LogP contribution in [0.25, 0.3) is 0 Å². The number of amides is 1. The number of anilines is 1. The van der Waals surface area contributed by atoms with Gasteiger partial charge in [-0.3, -0.25) is 9.78 Å². The van der Waals surface area contributed by atoms with Gasteiger partial charge in [-0.25, -0.2) is 12.4 Å². The van der Waals surface area contributed by atoms with Crippen LogP contribution in [0.5, 0.6) is 0 Å². The molecule has 0 radical (unpaired) electrons. The van der Waals surface area contributed by atoms with Crippen LogP contribution in [-0.4, -0.2) is 23.3 Å². The van der Waals surface area contributed by atoms with E-state index in [0.29, 0.717) is 11.6 Å². The molecule has 1 aromatic carbocycles. The van der Waals surface area contributed by atoms with Gasteiger partial charge in [0.05, 0.1) is 10.6 Å². The first kappa shape index (κ1) is 17.2. The van der Waals surface area contributed by atoms with E-state index < -0.39 is 15.9 Å². The third-order valence-electron chi connectivity index (χ3n) is 3.48. The zero-order chi connectivity index (χ0) is 17.9. The Balaban J connectivity index is 1.81. The molecule has 25 heavy (non-hydrogen) atoms. The molecule has 0 aliphatic heterocycles. The van der Waals surface area contributed by atoms with Crippen LogP contribution < -0.4 is 5.32 Å². The Morgan fingerprint density at radius 2 is 1.88 bits per heavy atom. The van der Waals surface area contributed by atoms with Gasteiger partial charge in [0, 0.05) is 24.5 Å². The maximum Gasteiger partial charge on any atom is 0.274 e. The maximum atomic E-state index is 12.6. The molecule has 2 heterocycles. The van der Waals surface area contributed by atoms with E-state index in [1.807, 2.05) is 0 Å². The third-order valence-corrected chi connectivity index (χ3v) is 5.43. The Labute approximate surface area is 150 Å². The summed E-state index contributed by atoms with van der Waals surface area (Å²) in [5.74, 6) is -0.102. The molecule has 0 spiro atoms. The summed E-state index contributed by atoms with van der Waals surface area (Å²) in [6, 6.07) is 12.8. The molecule has 3 aromatic rings. The van der Waals surface area contributed by atoms with Crippen molar-refractivity contribution in [3.8, 4) is 0 Å². The molecule has 128 valence electrons. The number of halogens is 1. The number of benzene rings is 1. The van der Waals surface area contributed by atoms with Gasteiger partial charge in [-0.2, -0.15) is 0 Å². The molecule has 0 unspecified atom stereocenters. The smallest absolute Gasteiger partial charge is 0.274 e. The Morgan fingerprint density at radius 1 is 1.12 bits per heavy atom. The fraction of sp³-hybridized carbons (Fsp3) is 0.0588. The number of nitrogens with zero attached hydrogens (tertiary/aromatic N) is 2. The molecule has 0 aliphatic rings. The van der Waals surface area contributed by atoms with Crippen molar-refractivity contribution in [1.29, 1.82) is 0 Å². The normalized spacial score (nSPS) is 11.2. The molecule has 0 aliphatic carbocycles. The largest absolute Gasteiger partial charge is 0.319 e. The predicted octanol–water partition coefficient (Wildman–Crippen LogP) is 3.11. The summed E-state index contributed by atoms with van der Waals surface area (Å²) in [5.41, 5.74) is 1.43. The summed E-state index contributed by atoms with van der Waals surface area (Å²) in [5, 5.41) is 2.62. The standard InChI is InChI=1S/C17H14ClN3O3S/c18-11-13-4-6-15(7-5-13)25(23,24)21-10-8-14(12-21)20-17(22)16-3-1-2-9-19-16/h1-10,12H,11H2,(H,20,22). The van der Waals surface area contributed by atoms with E-state index in [9.17, 15) is 13.2 Å². The van der Waals surface area contributed by atoms with Crippen LogP contribution in [0.15, 0.2) is 72.0 Å². The number of nitrogens with one attached hydrogen (secondary N) is 1. The first-order valence-electron chi connectivity index (χ1n) is 7.31. The number of pyridine rings is 1. The number of hydrogen-bond donors (Lipinski definition) is 1. The lowest BCUT2D eigenvalue weighted by Crippen LogP contribution is -2.14. The van der Waals surface area contributed by atoms with Gasteiger partial charge in [0.2, 0.25) is 0 Å². The minimum Gasteiger partial charge on any atom is -0.319 e. The minimum atomic E-state index is -3.74. The second-order valence-electron chi connectivity index (χ2n) is 5.18. The summed E-state index contributed by atoms with van der Waals surface area (Å²) in [7, 11) is -3.74. The summed E-state index contributed by atoms with van der Waals surface area (Å²) in [4.78, 5) is 16.2. The average Bonchev–Trinajstić information content (AvgIpc) is 3.12. The first-order chi connectivity index (χ1) is 12.0. The van der Waals surface area contributed by atoms with Gasteiger partial charge < -0.3 is 5.32 Å². The summed E-state index contributed by atoms with van der Waals surface area (Å²) in [6.07, 6.45) is 4.22. The Bertz CT molecular complexity index is 983. The number of hydrogen-bond acceptors (Lipinski definition) is 4. The monoisotopic (exact) mass is 375 g/mol. The van der Waals surface area contributed by atoms with Crippen molar-refractivity contribution in [3.05, 3.63) is 78.4 Å². The van der Waals surface area contributed by atoms with E-state index in [4.69, 9.17) is 11.6 Å². The van der Waals surface area contributed by atoms with Gasteiger partial charge in [-0.15, -0.1) is 11.6 Å². The zero-order valence-corrected chi connectivity index (χ0v) is 14.5. The molecular formula is C17H14ClN3O3S. The molecule has 0 fully saturated rings. The molecule has 1 amide bonds. The van der Waals surface area contributed by atoms with Gasteiger partial charge in [0.25, 0.3) is 15.9 Å². The van der Waals surface area contributed by atoms with E-state index in [2.05, 4.69) is 10.3 Å². The van der Waals surface area contributed by atoms with Gasteiger partial charge in [-0.1, -0.05) is 18.2 Å². The van der Waals surface area contributed by atoms with Crippen LogP contribution in [0.2, 0.25) is 0 Å². The number of carbonyl (C=O) groups excluding carboxylic acids is 1. The second kappa shape index (κ2) is 7.08. The van der Waals surface area contributed by atoms with E-state index in [1.165, 1.54) is 36.8 Å². The SMILES string of the molecule is O=C(Nc1ccn(S(=O)(=O)c2ccc(CCl)cc2)c1)c1ccccn1. The van der Waals surface area contributed by atoms with Crippen molar-refractivity contribution in [2.45, 2.75) is 10.8 Å². The lowest BCUT2D eigenvalue weighted by atomic mass is 10.2. The van der Waals surface area contributed by atoms with Crippen LogP contribution in [0.3, 0.4) is 0 Å². The van der Waals surface area contributed by atoms with E-state index >= 15 is 0 Å². The predicted molar refractivity (Wildman–Crippen MR) is 95.2 cm³/mol. The summed E-state index contributed by atoms with van der Waals surface area (Å²) < 4.78 is 26.3. The average molecular weight is 376 g/mol. The Hall–Kier alpha value is -2.64. The molecule has 3 rings (SSSR count). The topological polar surface area (TPSA) is 81.1 Å². The van der Waals surface area contributed by atoms with Crippen molar-refractivity contribution in [2.24, 2.45) is 0 Å². The molecular weight excluding hydrogens is 362 g/mol. The van der Waals surface area contributed by atoms with Gasteiger partial charge >= 0.3 is 0 Å². The third kappa shape index (κ3) is 3.72. The maximum absolute atomic E-state index is 12.6. The van der Waals surface area contributed by atoms with Crippen LogP contribution in [0, 0.1) is 0 Å². The van der Waals surface area contributed by atoms with Gasteiger partial charge in [-0.05, 0) is 35.9 Å². The molecule has 0 bridgehead atoms. The van der Waals surface area contributed by atoms with E-state index in [1.54, 1.807) is 30.3 Å². The Morgan fingerprint density at radius 3 is 2.52 bits per heavy atom. The summed E-state index contributed by atoms with van der Waals surface area (Å²) in [6.45, 7) is 0. The molecule has 6 nitrogen and oxygen atoms in total. The van der Waals surface area contributed by atoms with Crippen molar-refractivity contribution in [3.63, 3.8) is 0 Å². The highest BCUT2D eigenvalue weighted by atomic mass is 35.5. The van der Waals surface area contributed by atoms with E-state index in [0.717, 1.165) is 9.54 Å². The molecule has 1 N–H and O–H groups in total. The van der Waals surface area contributed by atoms with E-state index in [-0.39, 0.29) is 10.6 Å². The number of aromatic nitrogens is 2. The van der Waals surface area contributed by atoms with Crippen molar-refractivity contribution in [2.75, 3.05) is 5.32 Å². The fourth-order valence-corrected chi connectivity index (χ4v) is 3.54. The zero-order valence-electron chi connectivity index (χ0n) is 13.0. The highest BCUT2D eigenvalue weighted by Gasteiger charge is 2.17. The number of rotatable bonds is 5. The van der Waals surface area contributed by atoms with Crippen LogP contribution >= 0.6 is 11.6 Å². The molecule has 8 heteroatoms. The van der Waals surface area contributed by atoms with Crippen molar-refractivity contribution >= 4 is 33.2 Å². The minimum absolute atomic E-state index is 0.138. The number of alkyl halides is 1. The molecule has 2 aromatic heterocycles. The number of carbonyl (C=O) groups is 1. The van der Waals surface area contributed by atoms with Crippen molar-refractivity contribution < 1.29 is 13.2 Å². The van der Waals surface area contributed by atoms with Crippen LogP contribution in [0.1, 0.15) is 16.1 Å². The molecule has 0 atom stereocenters. The van der Waals surface area contributed by atoms with Gasteiger partial charge in [0.15, 0.2) is 0 Å². The van der Waals surface area contributed by atoms with Crippen molar-refractivity contribution in [1.82, 2.24) is 8.96 Å². The summed E-state index contributed by atoms with van der Waals surface area (Å²) >= 11 is 5.71. The Kier molecular flexibility index (Phi) is 4.87. The molecule has 0 saturated heterocycles. The first-order valence-corrected chi connectivity index (χ1v) is 9.29.